The van der Waals surface area contributed by atoms with E-state index in [9.17, 15) is 0 Å². The molecule has 104 valence electrons. The van der Waals surface area contributed by atoms with Crippen LogP contribution in [0.4, 0.5) is 0 Å². The first-order chi connectivity index (χ1) is 7.69. The van der Waals surface area contributed by atoms with Crippen molar-refractivity contribution in [3.63, 3.8) is 0 Å². The smallest absolute Gasteiger partial charge is 0.0107 e. The predicted octanol–water partition coefficient (Wildman–Crippen LogP) is 3.52. The molecule has 0 aromatic carbocycles. The van der Waals surface area contributed by atoms with Crippen molar-refractivity contribution in [2.45, 2.75) is 79.4 Å². The van der Waals surface area contributed by atoms with Gasteiger partial charge in [-0.25, -0.2) is 0 Å². The number of hydrogen-bond donors (Lipinski definition) is 1. The van der Waals surface area contributed by atoms with Crippen molar-refractivity contribution >= 4 is 0 Å². The molecule has 0 amide bonds. The molecule has 0 aromatic heterocycles. The Kier molecular flexibility index (Phi) is 7.34. The topological polar surface area (TPSA) is 15.3 Å². The van der Waals surface area contributed by atoms with E-state index in [4.69, 9.17) is 0 Å². The average molecular weight is 242 g/mol. The first kappa shape index (κ1) is 16.9. The van der Waals surface area contributed by atoms with Crippen molar-refractivity contribution in [2.24, 2.45) is 5.92 Å². The first-order valence-corrected chi connectivity index (χ1v) is 7.19. The zero-order valence-corrected chi connectivity index (χ0v) is 13.3. The molecule has 2 nitrogen and oxygen atoms in total. The number of nitrogens with one attached hydrogen (secondary N) is 1. The Bertz CT molecular complexity index is 194. The fourth-order valence-corrected chi connectivity index (χ4v) is 2.15. The molecule has 2 unspecified atom stereocenters. The Balaban J connectivity index is 4.29. The average Bonchev–Trinajstić information content (AvgIpc) is 2.20. The monoisotopic (exact) mass is 242 g/mol. The Morgan fingerprint density at radius 1 is 1.06 bits per heavy atom. The van der Waals surface area contributed by atoms with E-state index in [-0.39, 0.29) is 5.54 Å². The van der Waals surface area contributed by atoms with Gasteiger partial charge in [-0.2, -0.15) is 0 Å². The summed E-state index contributed by atoms with van der Waals surface area (Å²) in [4.78, 5) is 2.62. The highest BCUT2D eigenvalue weighted by atomic mass is 15.2. The Labute approximate surface area is 109 Å². The highest BCUT2D eigenvalue weighted by molar-refractivity contribution is 4.79. The maximum absolute atomic E-state index is 3.61. The van der Waals surface area contributed by atoms with Crippen LogP contribution in [0, 0.1) is 5.92 Å². The molecule has 0 radical (unpaired) electrons. The lowest BCUT2D eigenvalue weighted by molar-refractivity contribution is 0.120. The Morgan fingerprint density at radius 2 is 1.59 bits per heavy atom. The molecule has 0 spiro atoms. The van der Waals surface area contributed by atoms with Gasteiger partial charge < -0.3 is 5.32 Å². The molecule has 0 aliphatic rings. The molecule has 0 saturated carbocycles. The van der Waals surface area contributed by atoms with E-state index >= 15 is 0 Å². The van der Waals surface area contributed by atoms with Crippen LogP contribution in [0.25, 0.3) is 0 Å². The van der Waals surface area contributed by atoms with Crippen LogP contribution in [0.3, 0.4) is 0 Å². The van der Waals surface area contributed by atoms with E-state index in [1.807, 2.05) is 0 Å². The second-order valence-corrected chi connectivity index (χ2v) is 6.68. The summed E-state index contributed by atoms with van der Waals surface area (Å²) >= 11 is 0. The molecular formula is C15H34N2. The van der Waals surface area contributed by atoms with Gasteiger partial charge in [-0.15, -0.1) is 0 Å². The van der Waals surface area contributed by atoms with Gasteiger partial charge in [-0.1, -0.05) is 13.8 Å². The van der Waals surface area contributed by atoms with Crippen LogP contribution in [0.1, 0.15) is 61.8 Å². The largest absolute Gasteiger partial charge is 0.312 e. The summed E-state index contributed by atoms with van der Waals surface area (Å²) < 4.78 is 0. The second-order valence-electron chi connectivity index (χ2n) is 6.68. The third-order valence-corrected chi connectivity index (χ3v) is 3.45. The summed E-state index contributed by atoms with van der Waals surface area (Å²) in [6, 6.07) is 1.28. The summed E-state index contributed by atoms with van der Waals surface area (Å²) in [5.74, 6) is 0.683. The van der Waals surface area contributed by atoms with Gasteiger partial charge in [0.05, 0.1) is 0 Å². The molecule has 2 atom stereocenters. The zero-order valence-electron chi connectivity index (χ0n) is 13.3. The highest BCUT2D eigenvalue weighted by Gasteiger charge is 2.22. The van der Waals surface area contributed by atoms with Crippen molar-refractivity contribution in [2.75, 3.05) is 13.1 Å². The standard InChI is InChI=1S/C15H34N2/c1-9-10-17(12(2)3)14(5)13(4)11-16-15(6,7)8/h12-14,16H,9-11H2,1-8H3. The molecule has 2 heteroatoms. The van der Waals surface area contributed by atoms with Crippen molar-refractivity contribution in [3.8, 4) is 0 Å². The molecule has 0 aliphatic carbocycles. The van der Waals surface area contributed by atoms with E-state index in [1.165, 1.54) is 13.0 Å². The fourth-order valence-electron chi connectivity index (χ4n) is 2.15. The summed E-state index contributed by atoms with van der Waals surface area (Å²) in [6.07, 6.45) is 1.24. The van der Waals surface area contributed by atoms with E-state index in [1.54, 1.807) is 0 Å². The van der Waals surface area contributed by atoms with Crippen molar-refractivity contribution < 1.29 is 0 Å². The minimum Gasteiger partial charge on any atom is -0.312 e. The number of hydrogen-bond acceptors (Lipinski definition) is 2. The fraction of sp³-hybridized carbons (Fsp3) is 1.00. The third-order valence-electron chi connectivity index (χ3n) is 3.45. The molecule has 0 heterocycles. The molecule has 0 bridgehead atoms. The highest BCUT2D eigenvalue weighted by Crippen LogP contribution is 2.15. The summed E-state index contributed by atoms with van der Waals surface area (Å²) in [5.41, 5.74) is 0.224. The molecule has 0 aliphatic heterocycles. The van der Waals surface area contributed by atoms with Crippen molar-refractivity contribution in [1.82, 2.24) is 10.2 Å². The Hall–Kier alpha value is -0.0800. The lowest BCUT2D eigenvalue weighted by Crippen LogP contribution is -2.47. The van der Waals surface area contributed by atoms with Crippen LogP contribution < -0.4 is 5.32 Å². The van der Waals surface area contributed by atoms with E-state index in [0.29, 0.717) is 18.0 Å². The van der Waals surface area contributed by atoms with Crippen molar-refractivity contribution in [3.05, 3.63) is 0 Å². The van der Waals surface area contributed by atoms with Gasteiger partial charge >= 0.3 is 0 Å². The summed E-state index contributed by atoms with van der Waals surface area (Å²) in [7, 11) is 0. The Morgan fingerprint density at radius 3 is 1.94 bits per heavy atom. The van der Waals surface area contributed by atoms with E-state index in [0.717, 1.165) is 6.54 Å². The molecule has 0 saturated heterocycles. The normalized spacial score (nSPS) is 16.6. The van der Waals surface area contributed by atoms with Gasteiger partial charge in [0.25, 0.3) is 0 Å². The predicted molar refractivity (Wildman–Crippen MR) is 78.5 cm³/mol. The van der Waals surface area contributed by atoms with Crippen LogP contribution in [0.5, 0.6) is 0 Å². The molecule has 0 aromatic rings. The van der Waals surface area contributed by atoms with Crippen LogP contribution >= 0.6 is 0 Å². The minimum absolute atomic E-state index is 0.224. The van der Waals surface area contributed by atoms with Gasteiger partial charge in [-0.3, -0.25) is 4.90 Å². The van der Waals surface area contributed by atoms with Gasteiger partial charge in [0.2, 0.25) is 0 Å². The van der Waals surface area contributed by atoms with Crippen LogP contribution in [-0.4, -0.2) is 35.6 Å². The molecule has 0 rings (SSSR count). The van der Waals surface area contributed by atoms with Crippen LogP contribution in [0.15, 0.2) is 0 Å². The van der Waals surface area contributed by atoms with Gasteiger partial charge in [-0.05, 0) is 67.0 Å². The summed E-state index contributed by atoms with van der Waals surface area (Å²) in [5, 5.41) is 3.61. The van der Waals surface area contributed by atoms with E-state index < -0.39 is 0 Å². The second kappa shape index (κ2) is 7.38. The quantitative estimate of drug-likeness (QED) is 0.735. The van der Waals surface area contributed by atoms with Gasteiger partial charge in [0, 0.05) is 17.6 Å². The maximum atomic E-state index is 3.61. The van der Waals surface area contributed by atoms with Gasteiger partial charge in [0.15, 0.2) is 0 Å². The maximum Gasteiger partial charge on any atom is 0.0107 e. The van der Waals surface area contributed by atoms with E-state index in [2.05, 4.69) is 65.6 Å². The minimum atomic E-state index is 0.224. The van der Waals surface area contributed by atoms with Crippen LogP contribution in [-0.2, 0) is 0 Å². The third kappa shape index (κ3) is 7.05. The summed E-state index contributed by atoms with van der Waals surface area (Å²) in [6.45, 7) is 20.6. The first-order valence-electron chi connectivity index (χ1n) is 7.19. The molecule has 0 fully saturated rings. The van der Waals surface area contributed by atoms with Crippen molar-refractivity contribution in [1.29, 1.82) is 0 Å². The molecular weight excluding hydrogens is 208 g/mol. The number of nitrogens with zero attached hydrogens (tertiary/aromatic N) is 1. The lowest BCUT2D eigenvalue weighted by atomic mass is 9.98. The zero-order chi connectivity index (χ0) is 13.6. The van der Waals surface area contributed by atoms with Crippen LogP contribution in [0.2, 0.25) is 0 Å². The number of rotatable bonds is 7. The molecule has 1 N–H and O–H groups in total. The SMILES string of the molecule is CCCN(C(C)C)C(C)C(C)CNC(C)(C)C. The molecule has 17 heavy (non-hydrogen) atoms. The van der Waals surface area contributed by atoms with Gasteiger partial charge in [0.1, 0.15) is 0 Å². The lowest BCUT2D eigenvalue weighted by Gasteiger charge is -2.37.